The molecule has 0 saturated carbocycles. The molecule has 0 aliphatic rings. The van der Waals surface area contributed by atoms with E-state index < -0.39 is 23.1 Å². The summed E-state index contributed by atoms with van der Waals surface area (Å²) in [5.41, 5.74) is -1.12. The summed E-state index contributed by atoms with van der Waals surface area (Å²) in [5, 5.41) is 8.73. The molecule has 0 saturated heterocycles. The predicted molar refractivity (Wildman–Crippen MR) is 82.6 cm³/mol. The molecule has 0 rings (SSSR count). The highest BCUT2D eigenvalue weighted by Crippen LogP contribution is 2.10. The lowest BCUT2D eigenvalue weighted by molar-refractivity contribution is -0.514. The highest BCUT2D eigenvalue weighted by atomic mass is 32.2. The first kappa shape index (κ1) is 22.1. The van der Waals surface area contributed by atoms with Crippen LogP contribution in [0.25, 0.3) is 0 Å². The number of carbonyl (C=O) groups is 2. The number of thioether (sulfide) groups is 1. The molecule has 23 heavy (non-hydrogen) atoms. The third-order valence-corrected chi connectivity index (χ3v) is 2.71. The van der Waals surface area contributed by atoms with Crippen LogP contribution >= 0.6 is 11.8 Å². The Hall–Kier alpha value is -0.870. The van der Waals surface area contributed by atoms with Gasteiger partial charge in [0.05, 0.1) is 24.0 Å². The molecule has 0 radical (unpaired) electrons. The van der Waals surface area contributed by atoms with Gasteiger partial charge in [-0.15, -0.1) is 0 Å². The van der Waals surface area contributed by atoms with E-state index in [0.29, 0.717) is 11.5 Å². The van der Waals surface area contributed by atoms with E-state index in [0.717, 1.165) is 0 Å². The van der Waals surface area contributed by atoms with Crippen LogP contribution in [0, 0.1) is 0 Å². The summed E-state index contributed by atoms with van der Waals surface area (Å²) in [4.78, 5) is 41.0. The van der Waals surface area contributed by atoms with Gasteiger partial charge in [0, 0.05) is 11.5 Å². The molecule has 136 valence electrons. The van der Waals surface area contributed by atoms with E-state index in [4.69, 9.17) is 9.78 Å². The zero-order chi connectivity index (χ0) is 17.9. The molecule has 8 nitrogen and oxygen atoms in total. The summed E-state index contributed by atoms with van der Waals surface area (Å²) in [6.45, 7) is 10.5. The molecular weight excluding hydrogens is 328 g/mol. The fourth-order valence-corrected chi connectivity index (χ4v) is 1.64. The fourth-order valence-electron chi connectivity index (χ4n) is 0.810. The van der Waals surface area contributed by atoms with Crippen LogP contribution in [0.5, 0.6) is 0 Å². The molecule has 0 N–H and O–H groups in total. The molecule has 0 aromatic carbocycles. The number of hydrogen-bond donors (Lipinski definition) is 0. The maximum atomic E-state index is 11.3. The van der Waals surface area contributed by atoms with E-state index >= 15 is 0 Å². The van der Waals surface area contributed by atoms with Crippen molar-refractivity contribution in [3.63, 3.8) is 0 Å². The fraction of sp³-hybridized carbons (Fsp3) is 0.857. The topological polar surface area (TPSA) is 89.5 Å². The van der Waals surface area contributed by atoms with Crippen LogP contribution in [0.1, 0.15) is 54.4 Å². The van der Waals surface area contributed by atoms with E-state index in [-0.39, 0.29) is 12.8 Å². The van der Waals surface area contributed by atoms with Crippen LogP contribution in [0.4, 0.5) is 0 Å². The SMILES string of the molecule is CC(C)(C)OOOC(=O)CCSCCC(=O)OOOC(C)(C)C. The minimum atomic E-state index is -0.561. The lowest BCUT2D eigenvalue weighted by Crippen LogP contribution is -2.21. The molecule has 0 heterocycles. The minimum absolute atomic E-state index is 0.136. The van der Waals surface area contributed by atoms with Gasteiger partial charge in [-0.05, 0) is 51.6 Å². The highest BCUT2D eigenvalue weighted by molar-refractivity contribution is 7.99. The van der Waals surface area contributed by atoms with Crippen molar-refractivity contribution in [2.75, 3.05) is 11.5 Å². The number of carbonyl (C=O) groups excluding carboxylic acids is 2. The summed E-state index contributed by atoms with van der Waals surface area (Å²) in [5.74, 6) is -0.147. The van der Waals surface area contributed by atoms with Gasteiger partial charge in [0.1, 0.15) is 0 Å². The molecule has 0 bridgehead atoms. The molecule has 0 aliphatic carbocycles. The van der Waals surface area contributed by atoms with Crippen molar-refractivity contribution in [3.8, 4) is 0 Å². The smallest absolute Gasteiger partial charge is 0.269 e. The first-order chi connectivity index (χ1) is 10.5. The van der Waals surface area contributed by atoms with E-state index in [1.807, 2.05) is 0 Å². The van der Waals surface area contributed by atoms with Crippen molar-refractivity contribution in [1.29, 1.82) is 0 Å². The Balaban J connectivity index is 3.51. The van der Waals surface area contributed by atoms with E-state index in [1.54, 1.807) is 41.5 Å². The Morgan fingerprint density at radius 3 is 1.39 bits per heavy atom. The largest absolute Gasteiger partial charge is 0.346 e. The average molecular weight is 354 g/mol. The summed E-state index contributed by atoms with van der Waals surface area (Å²) >= 11 is 1.39. The quantitative estimate of drug-likeness (QED) is 0.333. The molecule has 0 aromatic heterocycles. The highest BCUT2D eigenvalue weighted by Gasteiger charge is 2.15. The summed E-state index contributed by atoms with van der Waals surface area (Å²) < 4.78 is 0. The van der Waals surface area contributed by atoms with Gasteiger partial charge in [-0.3, -0.25) is 9.78 Å². The Labute approximate surface area is 140 Å². The van der Waals surface area contributed by atoms with E-state index in [2.05, 4.69) is 19.9 Å². The van der Waals surface area contributed by atoms with Gasteiger partial charge < -0.3 is 0 Å². The molecule has 0 atom stereocenters. The van der Waals surface area contributed by atoms with Crippen LogP contribution < -0.4 is 0 Å². The van der Waals surface area contributed by atoms with Crippen molar-refractivity contribution in [2.24, 2.45) is 0 Å². The van der Waals surface area contributed by atoms with Crippen molar-refractivity contribution in [3.05, 3.63) is 0 Å². The summed E-state index contributed by atoms with van der Waals surface area (Å²) in [6.07, 6.45) is 0.272. The average Bonchev–Trinajstić information content (AvgIpc) is 2.35. The van der Waals surface area contributed by atoms with Crippen molar-refractivity contribution in [2.45, 2.75) is 65.6 Å². The van der Waals surface area contributed by atoms with Crippen molar-refractivity contribution in [1.82, 2.24) is 0 Å². The van der Waals surface area contributed by atoms with Crippen LogP contribution in [-0.2, 0) is 39.2 Å². The monoisotopic (exact) mass is 354 g/mol. The van der Waals surface area contributed by atoms with Crippen LogP contribution in [0.2, 0.25) is 0 Å². The van der Waals surface area contributed by atoms with Crippen LogP contribution in [0.3, 0.4) is 0 Å². The zero-order valence-electron chi connectivity index (χ0n) is 14.5. The second-order valence-electron chi connectivity index (χ2n) is 6.55. The third kappa shape index (κ3) is 17.3. The maximum absolute atomic E-state index is 11.3. The lowest BCUT2D eigenvalue weighted by atomic mass is 10.2. The van der Waals surface area contributed by atoms with Gasteiger partial charge in [-0.25, -0.2) is 9.59 Å². The second-order valence-corrected chi connectivity index (χ2v) is 7.78. The first-order valence-corrected chi connectivity index (χ1v) is 8.33. The first-order valence-electron chi connectivity index (χ1n) is 7.18. The molecule has 0 aliphatic heterocycles. The van der Waals surface area contributed by atoms with Gasteiger partial charge >= 0.3 is 11.9 Å². The Morgan fingerprint density at radius 1 is 0.739 bits per heavy atom. The van der Waals surface area contributed by atoms with Gasteiger partial charge in [0.15, 0.2) is 0 Å². The molecule has 0 fully saturated rings. The van der Waals surface area contributed by atoms with Crippen molar-refractivity contribution < 1.29 is 39.2 Å². The summed E-state index contributed by atoms with van der Waals surface area (Å²) in [6, 6.07) is 0. The minimum Gasteiger partial charge on any atom is -0.269 e. The van der Waals surface area contributed by atoms with Gasteiger partial charge in [-0.2, -0.15) is 21.5 Å². The Morgan fingerprint density at radius 2 is 1.09 bits per heavy atom. The van der Waals surface area contributed by atoms with Gasteiger partial charge in [0.25, 0.3) is 0 Å². The van der Waals surface area contributed by atoms with Crippen LogP contribution in [0.15, 0.2) is 0 Å². The zero-order valence-corrected chi connectivity index (χ0v) is 15.3. The molecule has 9 heteroatoms. The Bertz CT molecular complexity index is 325. The molecule has 0 aromatic rings. The molecule has 0 spiro atoms. The van der Waals surface area contributed by atoms with E-state index in [1.165, 1.54) is 11.8 Å². The summed E-state index contributed by atoms with van der Waals surface area (Å²) in [7, 11) is 0. The standard InChI is InChI=1S/C14H26O8S/c1-13(2,3)19-21-17-11(15)7-9-23-10-8-12(16)18-22-20-14(4,5)6/h7-10H2,1-6H3. The van der Waals surface area contributed by atoms with Gasteiger partial charge in [-0.1, -0.05) is 0 Å². The van der Waals surface area contributed by atoms with Crippen molar-refractivity contribution >= 4 is 23.7 Å². The van der Waals surface area contributed by atoms with Crippen LogP contribution in [-0.4, -0.2) is 34.6 Å². The maximum Gasteiger partial charge on any atom is 0.346 e. The molecule has 0 amide bonds. The Kier molecular flexibility index (Phi) is 10.4. The second kappa shape index (κ2) is 10.8. The normalized spacial score (nSPS) is 12.1. The molecule has 0 unspecified atom stereocenters. The predicted octanol–water partition coefficient (Wildman–Crippen LogP) is 2.91. The number of hydrogen-bond acceptors (Lipinski definition) is 9. The third-order valence-electron chi connectivity index (χ3n) is 1.72. The van der Waals surface area contributed by atoms with Gasteiger partial charge in [0.2, 0.25) is 0 Å². The molecular formula is C14H26O8S. The van der Waals surface area contributed by atoms with E-state index in [9.17, 15) is 9.59 Å². The lowest BCUT2D eigenvalue weighted by Gasteiger charge is -2.15. The number of rotatable bonds is 10.